The van der Waals surface area contributed by atoms with E-state index >= 15 is 0 Å². The SMILES string of the molecule is COc1ccc2ncccc2c1.Cl. The molecular weight excluding hydrogens is 186 g/mol. The standard InChI is InChI=1S/C10H9NO.ClH/c1-12-9-4-5-10-8(7-9)3-2-6-11-10;/h2-7H,1H3;1H. The molecule has 0 aliphatic rings. The Morgan fingerprint density at radius 2 is 2.08 bits per heavy atom. The Labute approximate surface area is 83.0 Å². The highest BCUT2D eigenvalue weighted by atomic mass is 35.5. The molecule has 0 saturated carbocycles. The van der Waals surface area contributed by atoms with Crippen LogP contribution in [0.15, 0.2) is 36.5 Å². The van der Waals surface area contributed by atoms with Crippen LogP contribution in [-0.4, -0.2) is 12.1 Å². The Bertz CT molecular complexity index is 403. The lowest BCUT2D eigenvalue weighted by atomic mass is 10.2. The van der Waals surface area contributed by atoms with E-state index in [4.69, 9.17) is 4.74 Å². The lowest BCUT2D eigenvalue weighted by Crippen LogP contribution is -1.82. The summed E-state index contributed by atoms with van der Waals surface area (Å²) < 4.78 is 5.09. The summed E-state index contributed by atoms with van der Waals surface area (Å²) >= 11 is 0. The maximum atomic E-state index is 5.09. The van der Waals surface area contributed by atoms with Crippen LogP contribution < -0.4 is 4.74 Å². The molecule has 0 radical (unpaired) electrons. The molecule has 0 atom stereocenters. The zero-order valence-electron chi connectivity index (χ0n) is 7.23. The topological polar surface area (TPSA) is 22.1 Å². The molecule has 1 heterocycles. The Morgan fingerprint density at radius 1 is 1.23 bits per heavy atom. The van der Waals surface area contributed by atoms with E-state index in [0.717, 1.165) is 16.7 Å². The zero-order valence-corrected chi connectivity index (χ0v) is 8.04. The van der Waals surface area contributed by atoms with Gasteiger partial charge in [0.25, 0.3) is 0 Å². The summed E-state index contributed by atoms with van der Waals surface area (Å²) in [6.07, 6.45) is 1.79. The van der Waals surface area contributed by atoms with Crippen LogP contribution >= 0.6 is 12.4 Å². The minimum Gasteiger partial charge on any atom is -0.497 e. The summed E-state index contributed by atoms with van der Waals surface area (Å²) in [7, 11) is 1.66. The summed E-state index contributed by atoms with van der Waals surface area (Å²) in [6.45, 7) is 0. The Balaban J connectivity index is 0.000000845. The van der Waals surface area contributed by atoms with Crippen LogP contribution in [0.3, 0.4) is 0 Å². The molecule has 0 spiro atoms. The molecule has 0 N–H and O–H groups in total. The summed E-state index contributed by atoms with van der Waals surface area (Å²) in [5.41, 5.74) is 0.998. The Hall–Kier alpha value is -1.28. The third kappa shape index (κ3) is 1.90. The molecule has 0 saturated heterocycles. The molecule has 0 amide bonds. The second-order valence-corrected chi connectivity index (χ2v) is 2.56. The number of benzene rings is 1. The van der Waals surface area contributed by atoms with Gasteiger partial charge in [-0.25, -0.2) is 0 Å². The normalized spacial score (nSPS) is 9.31. The van der Waals surface area contributed by atoms with Crippen LogP contribution in [0.2, 0.25) is 0 Å². The summed E-state index contributed by atoms with van der Waals surface area (Å²) in [5, 5.41) is 1.11. The van der Waals surface area contributed by atoms with Gasteiger partial charge in [-0.05, 0) is 24.3 Å². The van der Waals surface area contributed by atoms with Crippen LogP contribution in [-0.2, 0) is 0 Å². The van der Waals surface area contributed by atoms with E-state index in [1.807, 2.05) is 30.3 Å². The van der Waals surface area contributed by atoms with E-state index in [1.165, 1.54) is 0 Å². The number of rotatable bonds is 1. The maximum absolute atomic E-state index is 5.09. The molecule has 1 aromatic heterocycles. The zero-order chi connectivity index (χ0) is 8.39. The average Bonchev–Trinajstić information content (AvgIpc) is 2.17. The molecule has 3 heteroatoms. The molecule has 0 unspecified atom stereocenters. The third-order valence-electron chi connectivity index (χ3n) is 1.81. The fourth-order valence-corrected chi connectivity index (χ4v) is 1.18. The van der Waals surface area contributed by atoms with Gasteiger partial charge in [-0.15, -0.1) is 12.4 Å². The van der Waals surface area contributed by atoms with Gasteiger partial charge in [-0.1, -0.05) is 6.07 Å². The van der Waals surface area contributed by atoms with Crippen molar-refractivity contribution in [1.29, 1.82) is 0 Å². The van der Waals surface area contributed by atoms with Crippen molar-refractivity contribution < 1.29 is 4.74 Å². The third-order valence-corrected chi connectivity index (χ3v) is 1.81. The van der Waals surface area contributed by atoms with E-state index in [9.17, 15) is 0 Å². The van der Waals surface area contributed by atoms with Gasteiger partial charge in [0.2, 0.25) is 0 Å². The van der Waals surface area contributed by atoms with Gasteiger partial charge in [0, 0.05) is 11.6 Å². The minimum absolute atomic E-state index is 0. The van der Waals surface area contributed by atoms with Crippen molar-refractivity contribution in [1.82, 2.24) is 4.98 Å². The highest BCUT2D eigenvalue weighted by Gasteiger charge is 1.94. The molecule has 0 aliphatic heterocycles. The van der Waals surface area contributed by atoms with Gasteiger partial charge < -0.3 is 4.74 Å². The Kier molecular flexibility index (Phi) is 3.09. The summed E-state index contributed by atoms with van der Waals surface area (Å²) in [5.74, 6) is 0.871. The number of fused-ring (bicyclic) bond motifs is 1. The predicted molar refractivity (Wildman–Crippen MR) is 55.5 cm³/mol. The van der Waals surface area contributed by atoms with Gasteiger partial charge >= 0.3 is 0 Å². The molecule has 1 aromatic carbocycles. The highest BCUT2D eigenvalue weighted by molar-refractivity contribution is 5.85. The summed E-state index contributed by atoms with van der Waals surface area (Å²) in [6, 6.07) is 9.78. The molecule has 0 aliphatic carbocycles. The van der Waals surface area contributed by atoms with E-state index in [2.05, 4.69) is 4.98 Å². The van der Waals surface area contributed by atoms with Crippen LogP contribution in [0.25, 0.3) is 10.9 Å². The smallest absolute Gasteiger partial charge is 0.119 e. The van der Waals surface area contributed by atoms with E-state index in [1.54, 1.807) is 13.3 Å². The first kappa shape index (κ1) is 9.81. The lowest BCUT2D eigenvalue weighted by Gasteiger charge is -2.00. The quantitative estimate of drug-likeness (QED) is 0.698. The number of halogens is 1. The Morgan fingerprint density at radius 3 is 2.85 bits per heavy atom. The van der Waals surface area contributed by atoms with Crippen molar-refractivity contribution in [2.24, 2.45) is 0 Å². The first-order valence-corrected chi connectivity index (χ1v) is 3.79. The number of pyridine rings is 1. The van der Waals surface area contributed by atoms with Crippen molar-refractivity contribution in [3.8, 4) is 5.75 Å². The monoisotopic (exact) mass is 195 g/mol. The van der Waals surface area contributed by atoms with Gasteiger partial charge in [-0.2, -0.15) is 0 Å². The number of nitrogens with zero attached hydrogens (tertiary/aromatic N) is 1. The van der Waals surface area contributed by atoms with Gasteiger partial charge in [-0.3, -0.25) is 4.98 Å². The van der Waals surface area contributed by atoms with E-state index in [0.29, 0.717) is 0 Å². The molecule has 0 fully saturated rings. The van der Waals surface area contributed by atoms with Gasteiger partial charge in [0.1, 0.15) is 5.75 Å². The number of ether oxygens (including phenoxy) is 1. The fraction of sp³-hybridized carbons (Fsp3) is 0.100. The van der Waals surface area contributed by atoms with E-state index in [-0.39, 0.29) is 12.4 Å². The van der Waals surface area contributed by atoms with Crippen molar-refractivity contribution in [3.63, 3.8) is 0 Å². The van der Waals surface area contributed by atoms with Crippen LogP contribution in [0, 0.1) is 0 Å². The highest BCUT2D eigenvalue weighted by Crippen LogP contribution is 2.17. The number of methoxy groups -OCH3 is 1. The fourth-order valence-electron chi connectivity index (χ4n) is 1.18. The number of hydrogen-bond acceptors (Lipinski definition) is 2. The number of hydrogen-bond donors (Lipinski definition) is 0. The molecule has 0 bridgehead atoms. The van der Waals surface area contributed by atoms with Crippen molar-refractivity contribution in [3.05, 3.63) is 36.5 Å². The van der Waals surface area contributed by atoms with Crippen LogP contribution in [0.4, 0.5) is 0 Å². The maximum Gasteiger partial charge on any atom is 0.119 e. The second-order valence-electron chi connectivity index (χ2n) is 2.56. The molecular formula is C10H10ClNO. The van der Waals surface area contributed by atoms with Crippen molar-refractivity contribution in [2.75, 3.05) is 7.11 Å². The van der Waals surface area contributed by atoms with Crippen molar-refractivity contribution in [2.45, 2.75) is 0 Å². The van der Waals surface area contributed by atoms with Gasteiger partial charge in [0.15, 0.2) is 0 Å². The first-order valence-electron chi connectivity index (χ1n) is 3.79. The summed E-state index contributed by atoms with van der Waals surface area (Å²) in [4.78, 5) is 4.20. The van der Waals surface area contributed by atoms with Gasteiger partial charge in [0.05, 0.1) is 12.6 Å². The molecule has 13 heavy (non-hydrogen) atoms. The molecule has 2 aromatic rings. The molecule has 68 valence electrons. The van der Waals surface area contributed by atoms with Crippen LogP contribution in [0.5, 0.6) is 5.75 Å². The number of aromatic nitrogens is 1. The second kappa shape index (κ2) is 4.10. The average molecular weight is 196 g/mol. The molecule has 2 nitrogen and oxygen atoms in total. The first-order chi connectivity index (χ1) is 5.90. The molecule has 2 rings (SSSR count). The van der Waals surface area contributed by atoms with Crippen LogP contribution in [0.1, 0.15) is 0 Å². The predicted octanol–water partition coefficient (Wildman–Crippen LogP) is 2.67. The lowest BCUT2D eigenvalue weighted by molar-refractivity contribution is 0.415. The minimum atomic E-state index is 0. The largest absolute Gasteiger partial charge is 0.497 e. The van der Waals surface area contributed by atoms with E-state index < -0.39 is 0 Å². The van der Waals surface area contributed by atoms with Crippen molar-refractivity contribution >= 4 is 23.3 Å².